The first kappa shape index (κ1) is 16.8. The van der Waals surface area contributed by atoms with Crippen LogP contribution in [0, 0.1) is 0 Å². The highest BCUT2D eigenvalue weighted by molar-refractivity contribution is 9.10. The summed E-state index contributed by atoms with van der Waals surface area (Å²) in [4.78, 5) is 22.7. The Morgan fingerprint density at radius 2 is 2.25 bits per heavy atom. The number of nitrogens with zero attached hydrogens (tertiary/aromatic N) is 4. The van der Waals surface area contributed by atoms with E-state index in [4.69, 9.17) is 4.52 Å². The van der Waals surface area contributed by atoms with Gasteiger partial charge in [-0.1, -0.05) is 5.16 Å². The van der Waals surface area contributed by atoms with Crippen LogP contribution in [0.5, 0.6) is 0 Å². The standard InChI is InChI=1S/C16H15BrN4O2S/c1-2-21(13-4-3-12(17)9-18-13)15(22)6-5-14-19-16(20-23-14)11-7-8-24-10-11/h3-4,7-10H,2,5-6H2,1H3. The van der Waals surface area contributed by atoms with E-state index >= 15 is 0 Å². The number of anilines is 1. The topological polar surface area (TPSA) is 72.1 Å². The van der Waals surface area contributed by atoms with Crippen molar-refractivity contribution in [2.75, 3.05) is 11.4 Å². The molecule has 0 N–H and O–H groups in total. The van der Waals surface area contributed by atoms with Crippen LogP contribution < -0.4 is 4.90 Å². The van der Waals surface area contributed by atoms with Gasteiger partial charge in [-0.2, -0.15) is 16.3 Å². The summed E-state index contributed by atoms with van der Waals surface area (Å²) in [6.07, 6.45) is 2.37. The zero-order valence-electron chi connectivity index (χ0n) is 13.0. The van der Waals surface area contributed by atoms with Crippen LogP contribution in [0.2, 0.25) is 0 Å². The minimum absolute atomic E-state index is 0.0254. The van der Waals surface area contributed by atoms with Gasteiger partial charge in [0, 0.05) is 41.0 Å². The molecule has 24 heavy (non-hydrogen) atoms. The first-order valence-corrected chi connectivity index (χ1v) is 9.18. The molecule has 0 saturated heterocycles. The molecule has 124 valence electrons. The monoisotopic (exact) mass is 406 g/mol. The minimum atomic E-state index is -0.0254. The van der Waals surface area contributed by atoms with Crippen LogP contribution in [0.3, 0.4) is 0 Å². The van der Waals surface area contributed by atoms with Gasteiger partial charge in [-0.25, -0.2) is 4.98 Å². The number of carbonyl (C=O) groups is 1. The summed E-state index contributed by atoms with van der Waals surface area (Å²) < 4.78 is 6.10. The molecule has 8 heteroatoms. The quantitative estimate of drug-likeness (QED) is 0.619. The molecular weight excluding hydrogens is 392 g/mol. The average molecular weight is 407 g/mol. The molecule has 0 aliphatic rings. The third-order valence-corrected chi connectivity index (χ3v) is 4.56. The Morgan fingerprint density at radius 3 is 2.92 bits per heavy atom. The number of aryl methyl sites for hydroxylation is 1. The second-order valence-electron chi connectivity index (χ2n) is 5.00. The third-order valence-electron chi connectivity index (χ3n) is 3.41. The van der Waals surface area contributed by atoms with E-state index in [1.54, 1.807) is 22.4 Å². The van der Waals surface area contributed by atoms with Gasteiger partial charge >= 0.3 is 0 Å². The smallest absolute Gasteiger partial charge is 0.228 e. The van der Waals surface area contributed by atoms with Gasteiger partial charge in [0.15, 0.2) is 0 Å². The number of rotatable bonds is 6. The van der Waals surface area contributed by atoms with Gasteiger partial charge < -0.3 is 4.52 Å². The molecule has 0 atom stereocenters. The van der Waals surface area contributed by atoms with Crippen molar-refractivity contribution in [3.8, 4) is 11.4 Å². The Labute approximate surface area is 151 Å². The van der Waals surface area contributed by atoms with Gasteiger partial charge in [-0.15, -0.1) is 0 Å². The van der Waals surface area contributed by atoms with Crippen LogP contribution in [0.25, 0.3) is 11.4 Å². The maximum atomic E-state index is 12.5. The van der Waals surface area contributed by atoms with E-state index in [2.05, 4.69) is 31.1 Å². The predicted molar refractivity (Wildman–Crippen MR) is 95.9 cm³/mol. The Kier molecular flexibility index (Phi) is 5.37. The molecule has 0 radical (unpaired) electrons. The van der Waals surface area contributed by atoms with E-state index in [-0.39, 0.29) is 12.3 Å². The van der Waals surface area contributed by atoms with Crippen molar-refractivity contribution in [3.63, 3.8) is 0 Å². The van der Waals surface area contributed by atoms with Gasteiger partial charge in [0.25, 0.3) is 0 Å². The summed E-state index contributed by atoms with van der Waals surface area (Å²) in [5.74, 6) is 1.63. The van der Waals surface area contributed by atoms with E-state index < -0.39 is 0 Å². The fourth-order valence-electron chi connectivity index (χ4n) is 2.21. The number of hydrogen-bond donors (Lipinski definition) is 0. The summed E-state index contributed by atoms with van der Waals surface area (Å²) in [5.41, 5.74) is 0.926. The molecule has 0 aliphatic carbocycles. The number of thiophene rings is 1. The molecule has 6 nitrogen and oxygen atoms in total. The lowest BCUT2D eigenvalue weighted by molar-refractivity contribution is -0.118. The molecule has 0 spiro atoms. The largest absolute Gasteiger partial charge is 0.339 e. The van der Waals surface area contributed by atoms with Crippen LogP contribution in [-0.2, 0) is 11.2 Å². The van der Waals surface area contributed by atoms with E-state index in [1.165, 1.54) is 0 Å². The zero-order chi connectivity index (χ0) is 16.9. The van der Waals surface area contributed by atoms with Crippen molar-refractivity contribution in [3.05, 3.63) is 45.5 Å². The second kappa shape index (κ2) is 7.67. The maximum absolute atomic E-state index is 12.5. The molecule has 0 aliphatic heterocycles. The van der Waals surface area contributed by atoms with Crippen LogP contribution in [0.15, 0.2) is 44.2 Å². The lowest BCUT2D eigenvalue weighted by Crippen LogP contribution is -2.31. The van der Waals surface area contributed by atoms with Crippen LogP contribution in [0.1, 0.15) is 19.2 Å². The molecule has 0 unspecified atom stereocenters. The summed E-state index contributed by atoms with van der Waals surface area (Å²) in [5, 5.41) is 7.86. The van der Waals surface area contributed by atoms with Gasteiger partial charge in [0.05, 0.1) is 0 Å². The number of aromatic nitrogens is 3. The number of hydrogen-bond acceptors (Lipinski definition) is 6. The molecule has 0 bridgehead atoms. The van der Waals surface area contributed by atoms with Gasteiger partial charge in [0.1, 0.15) is 5.82 Å². The van der Waals surface area contributed by atoms with Crippen LogP contribution >= 0.6 is 27.3 Å². The normalized spacial score (nSPS) is 10.8. The van der Waals surface area contributed by atoms with E-state index in [0.717, 1.165) is 10.0 Å². The van der Waals surface area contributed by atoms with Crippen molar-refractivity contribution in [2.24, 2.45) is 0 Å². The lowest BCUT2D eigenvalue weighted by Gasteiger charge is -2.19. The molecular formula is C16H15BrN4O2S. The first-order valence-electron chi connectivity index (χ1n) is 7.44. The van der Waals surface area contributed by atoms with Crippen LogP contribution in [-0.4, -0.2) is 27.6 Å². The Balaban J connectivity index is 1.63. The Morgan fingerprint density at radius 1 is 1.38 bits per heavy atom. The van der Waals surface area contributed by atoms with Crippen molar-refractivity contribution >= 4 is 39.0 Å². The van der Waals surface area contributed by atoms with Crippen LogP contribution in [0.4, 0.5) is 5.82 Å². The molecule has 0 fully saturated rings. The van der Waals surface area contributed by atoms with Gasteiger partial charge in [-0.3, -0.25) is 9.69 Å². The van der Waals surface area contributed by atoms with Gasteiger partial charge in [-0.05, 0) is 46.4 Å². The minimum Gasteiger partial charge on any atom is -0.339 e. The fraction of sp³-hybridized carbons (Fsp3) is 0.250. The lowest BCUT2D eigenvalue weighted by atomic mass is 10.2. The van der Waals surface area contributed by atoms with Crippen molar-refractivity contribution in [1.82, 2.24) is 15.1 Å². The highest BCUT2D eigenvalue weighted by Crippen LogP contribution is 2.20. The third kappa shape index (κ3) is 3.88. The van der Waals surface area contributed by atoms with Crippen molar-refractivity contribution in [2.45, 2.75) is 19.8 Å². The predicted octanol–water partition coefficient (Wildman–Crippen LogP) is 3.94. The first-order chi connectivity index (χ1) is 11.7. The summed E-state index contributed by atoms with van der Waals surface area (Å²) in [7, 11) is 0. The molecule has 0 aromatic carbocycles. The number of amides is 1. The van der Waals surface area contributed by atoms with Crippen molar-refractivity contribution < 1.29 is 9.32 Å². The van der Waals surface area contributed by atoms with Crippen molar-refractivity contribution in [1.29, 1.82) is 0 Å². The number of pyridine rings is 1. The fourth-order valence-corrected chi connectivity index (χ4v) is 3.08. The zero-order valence-corrected chi connectivity index (χ0v) is 15.4. The van der Waals surface area contributed by atoms with E-state index in [1.807, 2.05) is 35.9 Å². The SMILES string of the molecule is CCN(C(=O)CCc1nc(-c2ccsc2)no1)c1ccc(Br)cn1. The Bertz CT molecular complexity index is 802. The molecule has 3 rings (SSSR count). The number of halogens is 1. The van der Waals surface area contributed by atoms with E-state index in [0.29, 0.717) is 30.5 Å². The summed E-state index contributed by atoms with van der Waals surface area (Å²) in [6, 6.07) is 5.61. The highest BCUT2D eigenvalue weighted by Gasteiger charge is 2.17. The maximum Gasteiger partial charge on any atom is 0.228 e. The average Bonchev–Trinajstić information content (AvgIpc) is 3.26. The molecule has 3 aromatic rings. The highest BCUT2D eigenvalue weighted by atomic mass is 79.9. The Hall–Kier alpha value is -2.06. The molecule has 3 heterocycles. The molecule has 0 saturated carbocycles. The second-order valence-corrected chi connectivity index (χ2v) is 6.69. The summed E-state index contributed by atoms with van der Waals surface area (Å²) in [6.45, 7) is 2.47. The molecule has 3 aromatic heterocycles. The molecule has 1 amide bonds. The summed E-state index contributed by atoms with van der Waals surface area (Å²) >= 11 is 4.92. The number of carbonyl (C=O) groups excluding carboxylic acids is 1. The van der Waals surface area contributed by atoms with Gasteiger partial charge in [0.2, 0.25) is 17.6 Å². The van der Waals surface area contributed by atoms with E-state index in [9.17, 15) is 4.79 Å².